The van der Waals surface area contributed by atoms with Crippen LogP contribution in [0.4, 0.5) is 23.5 Å². The number of nitrogens with two attached hydrogens (primary N) is 1. The highest BCUT2D eigenvalue weighted by Crippen LogP contribution is 2.37. The van der Waals surface area contributed by atoms with Gasteiger partial charge in [0.15, 0.2) is 11.5 Å². The van der Waals surface area contributed by atoms with Gasteiger partial charge in [-0.2, -0.15) is 17.7 Å². The summed E-state index contributed by atoms with van der Waals surface area (Å²) >= 11 is 0. The third-order valence-electron chi connectivity index (χ3n) is 4.87. The second-order valence-corrected chi connectivity index (χ2v) is 7.39. The maximum Gasteiger partial charge on any atom is 0.433 e. The van der Waals surface area contributed by atoms with Crippen LogP contribution in [-0.4, -0.2) is 44.9 Å². The third kappa shape index (κ3) is 4.82. The van der Waals surface area contributed by atoms with Gasteiger partial charge in [0, 0.05) is 18.4 Å². The number of anilines is 1. The average Bonchev–Trinajstić information content (AvgIpc) is 3.21. The van der Waals surface area contributed by atoms with Crippen molar-refractivity contribution in [2.75, 3.05) is 26.1 Å². The van der Waals surface area contributed by atoms with E-state index in [0.29, 0.717) is 18.8 Å². The van der Waals surface area contributed by atoms with Crippen molar-refractivity contribution in [3.8, 4) is 22.4 Å². The molecule has 0 fully saturated rings. The summed E-state index contributed by atoms with van der Waals surface area (Å²) in [5, 5.41) is 4.29. The number of halogens is 4. The quantitative estimate of drug-likeness (QED) is 0.317. The monoisotopic (exact) mass is 476 g/mol. The smallest absolute Gasteiger partial charge is 0.382 e. The van der Waals surface area contributed by atoms with Crippen molar-refractivity contribution in [3.05, 3.63) is 59.4 Å². The number of pyridine rings is 1. The van der Waals surface area contributed by atoms with Gasteiger partial charge in [0.05, 0.1) is 24.5 Å². The molecule has 8 nitrogen and oxygen atoms in total. The lowest BCUT2D eigenvalue weighted by Crippen LogP contribution is -2.10. The van der Waals surface area contributed by atoms with Crippen molar-refractivity contribution < 1.29 is 27.0 Å². The summed E-state index contributed by atoms with van der Waals surface area (Å²) in [6.07, 6.45) is -4.66. The SMILES string of the molecule is COCCOCc1nc2c(-c3cc(C)nc(C(F)(F)F)c3)c(-c3ccc(F)cc3)nc(N)n2n1. The molecule has 0 spiro atoms. The van der Waals surface area contributed by atoms with E-state index >= 15 is 0 Å². The number of fused-ring (bicyclic) bond motifs is 1. The van der Waals surface area contributed by atoms with Crippen molar-refractivity contribution in [1.82, 2.24) is 24.6 Å². The summed E-state index contributed by atoms with van der Waals surface area (Å²) in [5.74, 6) is -0.268. The number of nitrogens with zero attached hydrogens (tertiary/aromatic N) is 5. The number of nitrogen functional groups attached to an aromatic ring is 1. The highest BCUT2D eigenvalue weighted by atomic mass is 19.4. The van der Waals surface area contributed by atoms with Crippen LogP contribution >= 0.6 is 0 Å². The zero-order chi connectivity index (χ0) is 24.5. The number of rotatable bonds is 7. The van der Waals surface area contributed by atoms with Crippen LogP contribution in [0.5, 0.6) is 0 Å². The minimum atomic E-state index is -4.66. The molecule has 0 unspecified atom stereocenters. The van der Waals surface area contributed by atoms with Gasteiger partial charge in [0.25, 0.3) is 0 Å². The molecule has 0 aliphatic carbocycles. The lowest BCUT2D eigenvalue weighted by molar-refractivity contribution is -0.141. The Balaban J connectivity index is 1.95. The minimum Gasteiger partial charge on any atom is -0.382 e. The molecule has 34 heavy (non-hydrogen) atoms. The highest BCUT2D eigenvalue weighted by Gasteiger charge is 2.33. The van der Waals surface area contributed by atoms with E-state index in [2.05, 4.69) is 20.1 Å². The van der Waals surface area contributed by atoms with E-state index in [1.165, 1.54) is 48.9 Å². The summed E-state index contributed by atoms with van der Waals surface area (Å²) in [4.78, 5) is 12.4. The zero-order valence-corrected chi connectivity index (χ0v) is 18.2. The van der Waals surface area contributed by atoms with E-state index in [9.17, 15) is 17.6 Å². The van der Waals surface area contributed by atoms with Gasteiger partial charge < -0.3 is 15.2 Å². The Morgan fingerprint density at radius 1 is 1.00 bits per heavy atom. The summed E-state index contributed by atoms with van der Waals surface area (Å²) in [6, 6.07) is 7.76. The number of methoxy groups -OCH3 is 1. The summed E-state index contributed by atoms with van der Waals surface area (Å²) in [5.41, 5.74) is 6.44. The van der Waals surface area contributed by atoms with Crippen molar-refractivity contribution in [2.24, 2.45) is 0 Å². The fraction of sp³-hybridized carbons (Fsp3) is 0.273. The van der Waals surface area contributed by atoms with Crippen LogP contribution in [0, 0.1) is 12.7 Å². The topological polar surface area (TPSA) is 100 Å². The molecule has 0 atom stereocenters. The van der Waals surface area contributed by atoms with Gasteiger partial charge in [-0.15, -0.1) is 5.10 Å². The molecule has 0 aliphatic rings. The molecule has 0 saturated carbocycles. The molecular formula is C22H20F4N6O2. The summed E-state index contributed by atoms with van der Waals surface area (Å²) in [7, 11) is 1.54. The number of alkyl halides is 3. The van der Waals surface area contributed by atoms with Crippen LogP contribution < -0.4 is 5.73 Å². The molecule has 3 aromatic heterocycles. The van der Waals surface area contributed by atoms with Crippen LogP contribution in [0.15, 0.2) is 36.4 Å². The Morgan fingerprint density at radius 2 is 1.74 bits per heavy atom. The second-order valence-electron chi connectivity index (χ2n) is 7.39. The molecule has 178 valence electrons. The molecule has 0 saturated heterocycles. The fourth-order valence-corrected chi connectivity index (χ4v) is 3.41. The van der Waals surface area contributed by atoms with Crippen LogP contribution in [0.3, 0.4) is 0 Å². The zero-order valence-electron chi connectivity index (χ0n) is 18.2. The second kappa shape index (κ2) is 9.31. The number of aryl methyl sites for hydroxylation is 1. The van der Waals surface area contributed by atoms with Gasteiger partial charge in [-0.25, -0.2) is 19.3 Å². The maximum atomic E-state index is 13.5. The Bertz CT molecular complexity index is 1320. The first-order chi connectivity index (χ1) is 16.2. The van der Waals surface area contributed by atoms with E-state index < -0.39 is 17.7 Å². The molecule has 4 rings (SSSR count). The first-order valence-corrected chi connectivity index (χ1v) is 10.1. The first kappa shape index (κ1) is 23.5. The average molecular weight is 476 g/mol. The van der Waals surface area contributed by atoms with Crippen LogP contribution in [-0.2, 0) is 22.3 Å². The molecule has 12 heteroatoms. The molecule has 0 amide bonds. The number of aromatic nitrogens is 5. The predicted molar refractivity (Wildman–Crippen MR) is 115 cm³/mol. The number of hydrogen-bond acceptors (Lipinski definition) is 7. The lowest BCUT2D eigenvalue weighted by Gasteiger charge is -2.14. The molecule has 0 bridgehead atoms. The third-order valence-corrected chi connectivity index (χ3v) is 4.87. The van der Waals surface area contributed by atoms with Gasteiger partial charge in [0.1, 0.15) is 18.1 Å². The molecule has 1 aromatic carbocycles. The van der Waals surface area contributed by atoms with Crippen molar-refractivity contribution in [3.63, 3.8) is 0 Å². The van der Waals surface area contributed by atoms with Crippen molar-refractivity contribution >= 4 is 11.6 Å². The van der Waals surface area contributed by atoms with Crippen molar-refractivity contribution in [2.45, 2.75) is 19.7 Å². The lowest BCUT2D eigenvalue weighted by atomic mass is 9.99. The maximum absolute atomic E-state index is 13.5. The largest absolute Gasteiger partial charge is 0.433 e. The van der Waals surface area contributed by atoms with Gasteiger partial charge in [-0.1, -0.05) is 0 Å². The van der Waals surface area contributed by atoms with Gasteiger partial charge in [-0.05, 0) is 48.9 Å². The molecule has 3 heterocycles. The van der Waals surface area contributed by atoms with E-state index in [4.69, 9.17) is 15.2 Å². The Labute approximate surface area is 191 Å². The van der Waals surface area contributed by atoms with Crippen LogP contribution in [0.25, 0.3) is 28.0 Å². The van der Waals surface area contributed by atoms with E-state index in [1.807, 2.05) is 0 Å². The number of benzene rings is 1. The summed E-state index contributed by atoms with van der Waals surface area (Å²) in [6.45, 7) is 2.15. The van der Waals surface area contributed by atoms with E-state index in [1.54, 1.807) is 0 Å². The van der Waals surface area contributed by atoms with Gasteiger partial charge >= 0.3 is 6.18 Å². The first-order valence-electron chi connectivity index (χ1n) is 10.1. The Kier molecular flexibility index (Phi) is 6.44. The fourth-order valence-electron chi connectivity index (χ4n) is 3.41. The molecule has 4 aromatic rings. The number of hydrogen-bond donors (Lipinski definition) is 1. The molecule has 0 aliphatic heterocycles. The van der Waals surface area contributed by atoms with Crippen LogP contribution in [0.2, 0.25) is 0 Å². The Hall–Kier alpha value is -3.64. The van der Waals surface area contributed by atoms with E-state index in [0.717, 1.165) is 6.07 Å². The highest BCUT2D eigenvalue weighted by molar-refractivity contribution is 5.90. The number of ether oxygens (including phenoxy) is 2. The predicted octanol–water partition coefficient (Wildman–Crippen LogP) is 4.06. The van der Waals surface area contributed by atoms with Gasteiger partial charge in [-0.3, -0.25) is 0 Å². The molecule has 2 N–H and O–H groups in total. The van der Waals surface area contributed by atoms with Crippen LogP contribution in [0.1, 0.15) is 17.2 Å². The summed E-state index contributed by atoms with van der Waals surface area (Å²) < 4.78 is 65.7. The van der Waals surface area contributed by atoms with Crippen molar-refractivity contribution in [1.29, 1.82) is 0 Å². The minimum absolute atomic E-state index is 0.0268. The molecule has 0 radical (unpaired) electrons. The normalized spacial score (nSPS) is 11.9. The van der Waals surface area contributed by atoms with Gasteiger partial charge in [0.2, 0.25) is 5.95 Å². The molecular weight excluding hydrogens is 456 g/mol. The van der Waals surface area contributed by atoms with E-state index in [-0.39, 0.29) is 46.5 Å². The Morgan fingerprint density at radius 3 is 2.41 bits per heavy atom. The standard InChI is InChI=1S/C22H20F4N6O2/c1-12-9-14(10-16(28-12)22(24,25)26)18-19(13-3-5-15(23)6-4-13)30-21(27)32-20(18)29-17(31-32)11-34-8-7-33-2/h3-6,9-10H,7-8,11H2,1-2H3,(H2,27,30).